The summed E-state index contributed by atoms with van der Waals surface area (Å²) in [5, 5.41) is 3.88. The first-order valence-electron chi connectivity index (χ1n) is 6.02. The van der Waals surface area contributed by atoms with Crippen molar-refractivity contribution in [2.45, 2.75) is 13.8 Å². The Morgan fingerprint density at radius 1 is 1.25 bits per heavy atom. The average Bonchev–Trinajstić information content (AvgIpc) is 2.35. The van der Waals surface area contributed by atoms with Crippen LogP contribution in [0.1, 0.15) is 16.7 Å². The van der Waals surface area contributed by atoms with Crippen LogP contribution in [0.15, 0.2) is 34.8 Å². The highest BCUT2D eigenvalue weighted by molar-refractivity contribution is 9.10. The van der Waals surface area contributed by atoms with E-state index in [9.17, 15) is 0 Å². The fourth-order valence-corrected chi connectivity index (χ4v) is 2.83. The summed E-state index contributed by atoms with van der Waals surface area (Å²) in [7, 11) is 0. The minimum atomic E-state index is 0.281. The highest BCUT2D eigenvalue weighted by Gasteiger charge is 2.10. The Balaban J connectivity index is 2.45. The number of nitrogens with one attached hydrogen (secondary N) is 1. The van der Waals surface area contributed by atoms with Crippen LogP contribution in [0.4, 0.5) is 11.4 Å². The molecule has 20 heavy (non-hydrogen) atoms. The monoisotopic (exact) mass is 368 g/mol. The van der Waals surface area contributed by atoms with Crippen LogP contribution in [0.25, 0.3) is 0 Å². The molecule has 0 aliphatic heterocycles. The zero-order chi connectivity index (χ0) is 14.9. The molecular weight excluding hydrogens is 356 g/mol. The Labute approximate surface area is 137 Å². The lowest BCUT2D eigenvalue weighted by atomic mass is 10.1. The maximum Gasteiger partial charge on any atom is 0.107 e. The lowest BCUT2D eigenvalue weighted by molar-refractivity contribution is 1.33. The number of benzene rings is 2. The van der Waals surface area contributed by atoms with Gasteiger partial charge in [-0.25, -0.2) is 0 Å². The topological polar surface area (TPSA) is 38.0 Å². The van der Waals surface area contributed by atoms with Crippen LogP contribution in [0.5, 0.6) is 0 Å². The summed E-state index contributed by atoms with van der Waals surface area (Å²) in [6.45, 7) is 4.10. The second-order valence-electron chi connectivity index (χ2n) is 4.58. The van der Waals surface area contributed by atoms with Crippen molar-refractivity contribution in [3.05, 3.63) is 56.5 Å². The van der Waals surface area contributed by atoms with Gasteiger partial charge in [-0.3, -0.25) is 0 Å². The number of nitrogens with two attached hydrogens (primary N) is 1. The average molecular weight is 370 g/mol. The van der Waals surface area contributed by atoms with E-state index in [1.165, 1.54) is 0 Å². The van der Waals surface area contributed by atoms with E-state index >= 15 is 0 Å². The molecule has 104 valence electrons. The first-order valence-corrected chi connectivity index (χ1v) is 7.60. The van der Waals surface area contributed by atoms with Gasteiger partial charge in [0, 0.05) is 10.2 Å². The molecule has 0 spiro atoms. The number of thiocarbonyl (C=S) groups is 1. The summed E-state index contributed by atoms with van der Waals surface area (Å²) in [5.41, 5.74) is 10.5. The lowest BCUT2D eigenvalue weighted by Gasteiger charge is -2.14. The van der Waals surface area contributed by atoms with Gasteiger partial charge in [0.25, 0.3) is 0 Å². The smallest absolute Gasteiger partial charge is 0.107 e. The molecule has 0 bridgehead atoms. The van der Waals surface area contributed by atoms with Crippen molar-refractivity contribution >= 4 is 56.1 Å². The minimum absolute atomic E-state index is 0.281. The first-order chi connectivity index (χ1) is 9.40. The van der Waals surface area contributed by atoms with Gasteiger partial charge in [-0.05, 0) is 49.2 Å². The molecule has 0 amide bonds. The maximum atomic E-state index is 6.16. The Bertz CT molecular complexity index is 663. The van der Waals surface area contributed by atoms with Crippen molar-refractivity contribution in [2.24, 2.45) is 5.73 Å². The maximum absolute atomic E-state index is 6.16. The van der Waals surface area contributed by atoms with E-state index in [0.29, 0.717) is 10.6 Å². The Kier molecular flexibility index (Phi) is 4.68. The summed E-state index contributed by atoms with van der Waals surface area (Å²) < 4.78 is 1.11. The molecule has 0 aromatic heterocycles. The van der Waals surface area contributed by atoms with Gasteiger partial charge in [-0.2, -0.15) is 0 Å². The molecular formula is C15H14BrClN2S. The first kappa shape index (κ1) is 15.3. The summed E-state index contributed by atoms with van der Waals surface area (Å²) in [6, 6.07) is 9.67. The quantitative estimate of drug-likeness (QED) is 0.739. The summed E-state index contributed by atoms with van der Waals surface area (Å²) >= 11 is 14.8. The summed E-state index contributed by atoms with van der Waals surface area (Å²) in [6.07, 6.45) is 0. The summed E-state index contributed by atoms with van der Waals surface area (Å²) in [4.78, 5) is 0.281. The second-order valence-corrected chi connectivity index (χ2v) is 6.22. The molecule has 0 fully saturated rings. The standard InChI is InChI=1S/C15H14BrClN2S/c1-8-6-10(7-9(2)14(8)16)19-12-5-3-4-11(17)13(12)15(18)20/h3-7,19H,1-2H3,(H2,18,20). The van der Waals surface area contributed by atoms with Crippen LogP contribution in [0.2, 0.25) is 5.02 Å². The van der Waals surface area contributed by atoms with E-state index in [0.717, 1.165) is 27.0 Å². The SMILES string of the molecule is Cc1cc(Nc2cccc(Cl)c2C(N)=S)cc(C)c1Br. The van der Waals surface area contributed by atoms with E-state index in [1.54, 1.807) is 6.07 Å². The van der Waals surface area contributed by atoms with Crippen molar-refractivity contribution in [3.8, 4) is 0 Å². The van der Waals surface area contributed by atoms with Gasteiger partial charge in [0.05, 0.1) is 16.3 Å². The van der Waals surface area contributed by atoms with Crippen LogP contribution in [-0.4, -0.2) is 4.99 Å². The largest absolute Gasteiger partial charge is 0.389 e. The predicted molar refractivity (Wildman–Crippen MR) is 94.2 cm³/mol. The number of hydrogen-bond donors (Lipinski definition) is 2. The van der Waals surface area contributed by atoms with Crippen molar-refractivity contribution in [1.82, 2.24) is 0 Å². The van der Waals surface area contributed by atoms with Crippen LogP contribution < -0.4 is 11.1 Å². The highest BCUT2D eigenvalue weighted by Crippen LogP contribution is 2.30. The van der Waals surface area contributed by atoms with Crippen LogP contribution in [0.3, 0.4) is 0 Å². The molecule has 0 heterocycles. The van der Waals surface area contributed by atoms with Gasteiger partial charge in [0.2, 0.25) is 0 Å². The van der Waals surface area contributed by atoms with E-state index in [2.05, 4.69) is 47.2 Å². The zero-order valence-electron chi connectivity index (χ0n) is 11.1. The molecule has 0 saturated heterocycles. The van der Waals surface area contributed by atoms with Crippen LogP contribution in [0, 0.1) is 13.8 Å². The van der Waals surface area contributed by atoms with Gasteiger partial charge < -0.3 is 11.1 Å². The summed E-state index contributed by atoms with van der Waals surface area (Å²) in [5.74, 6) is 0. The molecule has 5 heteroatoms. The van der Waals surface area contributed by atoms with Gasteiger partial charge in [0.15, 0.2) is 0 Å². The van der Waals surface area contributed by atoms with Crippen LogP contribution in [-0.2, 0) is 0 Å². The van der Waals surface area contributed by atoms with E-state index in [1.807, 2.05) is 12.1 Å². The zero-order valence-corrected chi connectivity index (χ0v) is 14.3. The third-order valence-corrected chi connectivity index (χ3v) is 4.75. The molecule has 0 aliphatic rings. The molecule has 0 atom stereocenters. The molecule has 2 nitrogen and oxygen atoms in total. The van der Waals surface area contributed by atoms with Gasteiger partial charge >= 0.3 is 0 Å². The number of halogens is 2. The fourth-order valence-electron chi connectivity index (χ4n) is 2.05. The molecule has 0 aliphatic carbocycles. The Hall–Kier alpha value is -1.10. The van der Waals surface area contributed by atoms with E-state index in [-0.39, 0.29) is 4.99 Å². The highest BCUT2D eigenvalue weighted by atomic mass is 79.9. The number of hydrogen-bond acceptors (Lipinski definition) is 2. The third-order valence-electron chi connectivity index (χ3n) is 2.98. The van der Waals surface area contributed by atoms with Gasteiger partial charge in [-0.15, -0.1) is 0 Å². The van der Waals surface area contributed by atoms with Crippen molar-refractivity contribution in [1.29, 1.82) is 0 Å². The lowest BCUT2D eigenvalue weighted by Crippen LogP contribution is -2.12. The van der Waals surface area contributed by atoms with E-state index < -0.39 is 0 Å². The Morgan fingerprint density at radius 3 is 2.40 bits per heavy atom. The van der Waals surface area contributed by atoms with Crippen molar-refractivity contribution in [2.75, 3.05) is 5.32 Å². The second kappa shape index (κ2) is 6.12. The number of anilines is 2. The molecule has 0 unspecified atom stereocenters. The Morgan fingerprint density at radius 2 is 1.85 bits per heavy atom. The van der Waals surface area contributed by atoms with Gasteiger partial charge in [-0.1, -0.05) is 45.8 Å². The normalized spacial score (nSPS) is 10.4. The minimum Gasteiger partial charge on any atom is -0.389 e. The molecule has 0 saturated carbocycles. The van der Waals surface area contributed by atoms with E-state index in [4.69, 9.17) is 29.6 Å². The van der Waals surface area contributed by atoms with Crippen molar-refractivity contribution < 1.29 is 0 Å². The van der Waals surface area contributed by atoms with Gasteiger partial charge in [0.1, 0.15) is 4.99 Å². The molecule has 2 rings (SSSR count). The third kappa shape index (κ3) is 3.14. The predicted octanol–water partition coefficient (Wildman–Crippen LogP) is 5.10. The number of aryl methyl sites for hydroxylation is 2. The number of rotatable bonds is 3. The molecule has 3 N–H and O–H groups in total. The molecule has 2 aromatic carbocycles. The van der Waals surface area contributed by atoms with Crippen molar-refractivity contribution in [3.63, 3.8) is 0 Å². The molecule has 0 radical (unpaired) electrons. The molecule has 2 aromatic rings. The van der Waals surface area contributed by atoms with Crippen LogP contribution >= 0.6 is 39.7 Å². The fraction of sp³-hybridized carbons (Fsp3) is 0.133.